The molecule has 0 aliphatic heterocycles. The molecule has 102 valence electrons. The number of anilines is 1. The lowest BCUT2D eigenvalue weighted by molar-refractivity contribution is 0.598. The zero-order valence-corrected chi connectivity index (χ0v) is 11.4. The Morgan fingerprint density at radius 2 is 2.11 bits per heavy atom. The molecule has 7 heteroatoms. The molecule has 0 atom stereocenters. The van der Waals surface area contributed by atoms with Gasteiger partial charge in [-0.05, 0) is 12.1 Å². The van der Waals surface area contributed by atoms with Gasteiger partial charge in [0.25, 0.3) is 0 Å². The van der Waals surface area contributed by atoms with E-state index < -0.39 is 10.0 Å². The Labute approximate surface area is 112 Å². The van der Waals surface area contributed by atoms with Gasteiger partial charge in [-0.3, -0.25) is 0 Å². The molecule has 0 saturated heterocycles. The Kier molecular flexibility index (Phi) is 3.87. The molecule has 1 aromatic carbocycles. The molecule has 19 heavy (non-hydrogen) atoms. The summed E-state index contributed by atoms with van der Waals surface area (Å²) >= 11 is 0. The first kappa shape index (κ1) is 13.6. The van der Waals surface area contributed by atoms with E-state index in [4.69, 9.17) is 5.14 Å². The average molecular weight is 280 g/mol. The number of nitrogens with two attached hydrogens (primary N) is 1. The normalized spacial score (nSPS) is 11.5. The molecule has 0 aliphatic carbocycles. The first-order valence-electron chi connectivity index (χ1n) is 5.80. The van der Waals surface area contributed by atoms with Gasteiger partial charge < -0.3 is 9.88 Å². The highest BCUT2D eigenvalue weighted by atomic mass is 32.2. The standard InChI is InChI=1S/C12H16N4O2S/c1-16-9-8-15-12(16)6-7-14-10-4-2-3-5-11(10)19(13,17)18/h2-5,8-9,14H,6-7H2,1H3,(H2,13,17,18). The highest BCUT2D eigenvalue weighted by Gasteiger charge is 2.12. The zero-order chi connectivity index (χ0) is 13.9. The molecule has 0 spiro atoms. The van der Waals surface area contributed by atoms with Crippen LogP contribution in [0.2, 0.25) is 0 Å². The number of hydrogen-bond acceptors (Lipinski definition) is 4. The van der Waals surface area contributed by atoms with Gasteiger partial charge >= 0.3 is 0 Å². The highest BCUT2D eigenvalue weighted by molar-refractivity contribution is 7.89. The molecule has 0 saturated carbocycles. The lowest BCUT2D eigenvalue weighted by Crippen LogP contribution is -2.16. The second-order valence-electron chi connectivity index (χ2n) is 4.17. The van der Waals surface area contributed by atoms with Crippen molar-refractivity contribution in [2.45, 2.75) is 11.3 Å². The van der Waals surface area contributed by atoms with Crippen LogP contribution >= 0.6 is 0 Å². The van der Waals surface area contributed by atoms with Crippen LogP contribution in [-0.2, 0) is 23.5 Å². The van der Waals surface area contributed by atoms with Crippen molar-refractivity contribution >= 4 is 15.7 Å². The van der Waals surface area contributed by atoms with Gasteiger partial charge in [-0.1, -0.05) is 12.1 Å². The molecular formula is C12H16N4O2S. The number of rotatable bonds is 5. The molecule has 0 fully saturated rings. The number of aromatic nitrogens is 2. The third-order valence-corrected chi connectivity index (χ3v) is 3.75. The zero-order valence-electron chi connectivity index (χ0n) is 10.6. The van der Waals surface area contributed by atoms with E-state index in [2.05, 4.69) is 10.3 Å². The van der Waals surface area contributed by atoms with E-state index in [1.165, 1.54) is 6.07 Å². The Balaban J connectivity index is 2.06. The number of nitrogens with one attached hydrogen (secondary N) is 1. The maximum atomic E-state index is 11.4. The second kappa shape index (κ2) is 5.41. The van der Waals surface area contributed by atoms with Gasteiger partial charge in [0, 0.05) is 32.4 Å². The minimum atomic E-state index is -3.71. The van der Waals surface area contributed by atoms with Gasteiger partial charge in [0.05, 0.1) is 5.69 Å². The van der Waals surface area contributed by atoms with Crippen molar-refractivity contribution in [1.29, 1.82) is 0 Å². The van der Waals surface area contributed by atoms with Crippen molar-refractivity contribution in [2.24, 2.45) is 12.2 Å². The minimum Gasteiger partial charge on any atom is -0.383 e. The van der Waals surface area contributed by atoms with Crippen LogP contribution in [0.3, 0.4) is 0 Å². The summed E-state index contributed by atoms with van der Waals surface area (Å²) in [6, 6.07) is 6.58. The van der Waals surface area contributed by atoms with Crippen molar-refractivity contribution in [1.82, 2.24) is 9.55 Å². The second-order valence-corrected chi connectivity index (χ2v) is 5.70. The van der Waals surface area contributed by atoms with Crippen LogP contribution in [0.1, 0.15) is 5.82 Å². The Hall–Kier alpha value is -1.86. The molecule has 2 aromatic rings. The van der Waals surface area contributed by atoms with Crippen LogP contribution in [0.4, 0.5) is 5.69 Å². The summed E-state index contributed by atoms with van der Waals surface area (Å²) < 4.78 is 24.8. The maximum Gasteiger partial charge on any atom is 0.240 e. The van der Waals surface area contributed by atoms with Crippen molar-refractivity contribution in [3.8, 4) is 0 Å². The molecule has 0 radical (unpaired) electrons. The monoisotopic (exact) mass is 280 g/mol. The van der Waals surface area contributed by atoms with Gasteiger partial charge in [-0.2, -0.15) is 0 Å². The Morgan fingerprint density at radius 3 is 2.74 bits per heavy atom. The molecule has 6 nitrogen and oxygen atoms in total. The number of sulfonamides is 1. The molecule has 1 heterocycles. The predicted octanol–water partition coefficient (Wildman–Crippen LogP) is 0.722. The molecule has 3 N–H and O–H groups in total. The number of imidazole rings is 1. The summed E-state index contributed by atoms with van der Waals surface area (Å²) in [5.41, 5.74) is 0.513. The van der Waals surface area contributed by atoms with E-state index in [-0.39, 0.29) is 4.90 Å². The van der Waals surface area contributed by atoms with E-state index in [0.717, 1.165) is 5.82 Å². The molecule has 0 amide bonds. The highest BCUT2D eigenvalue weighted by Crippen LogP contribution is 2.18. The first-order chi connectivity index (χ1) is 8.98. The van der Waals surface area contributed by atoms with Crippen molar-refractivity contribution in [3.63, 3.8) is 0 Å². The van der Waals surface area contributed by atoms with E-state index in [0.29, 0.717) is 18.7 Å². The molecule has 0 aliphatic rings. The van der Waals surface area contributed by atoms with Gasteiger partial charge in [-0.25, -0.2) is 18.5 Å². The van der Waals surface area contributed by atoms with E-state index in [9.17, 15) is 8.42 Å². The van der Waals surface area contributed by atoms with Crippen LogP contribution in [-0.4, -0.2) is 24.5 Å². The van der Waals surface area contributed by atoms with E-state index in [1.807, 2.05) is 17.8 Å². The average Bonchev–Trinajstić information content (AvgIpc) is 2.75. The van der Waals surface area contributed by atoms with E-state index in [1.54, 1.807) is 24.4 Å². The first-order valence-corrected chi connectivity index (χ1v) is 7.35. The Bertz CT molecular complexity index is 664. The summed E-state index contributed by atoms with van der Waals surface area (Å²) in [6.45, 7) is 0.581. The fraction of sp³-hybridized carbons (Fsp3) is 0.250. The minimum absolute atomic E-state index is 0.106. The number of hydrogen-bond donors (Lipinski definition) is 2. The topological polar surface area (TPSA) is 90.0 Å². The van der Waals surface area contributed by atoms with Gasteiger partial charge in [-0.15, -0.1) is 0 Å². The van der Waals surface area contributed by atoms with Gasteiger partial charge in [0.1, 0.15) is 10.7 Å². The molecule has 0 bridgehead atoms. The summed E-state index contributed by atoms with van der Waals surface area (Å²) in [5, 5.41) is 8.24. The van der Waals surface area contributed by atoms with Crippen LogP contribution in [0.25, 0.3) is 0 Å². The summed E-state index contributed by atoms with van der Waals surface area (Å²) in [5.74, 6) is 0.931. The van der Waals surface area contributed by atoms with Crippen molar-refractivity contribution in [2.75, 3.05) is 11.9 Å². The van der Waals surface area contributed by atoms with E-state index >= 15 is 0 Å². The van der Waals surface area contributed by atoms with Crippen molar-refractivity contribution in [3.05, 3.63) is 42.5 Å². The Morgan fingerprint density at radius 1 is 1.37 bits per heavy atom. The lowest BCUT2D eigenvalue weighted by Gasteiger charge is -2.10. The number of para-hydroxylation sites is 1. The number of aryl methyl sites for hydroxylation is 1. The lowest BCUT2D eigenvalue weighted by atomic mass is 10.3. The number of benzene rings is 1. The quantitative estimate of drug-likeness (QED) is 0.844. The molecule has 0 unspecified atom stereocenters. The summed E-state index contributed by atoms with van der Waals surface area (Å²) in [6.07, 6.45) is 4.30. The summed E-state index contributed by atoms with van der Waals surface area (Å²) in [4.78, 5) is 4.30. The maximum absolute atomic E-state index is 11.4. The summed E-state index contributed by atoms with van der Waals surface area (Å²) in [7, 11) is -1.79. The third kappa shape index (κ3) is 3.33. The smallest absolute Gasteiger partial charge is 0.240 e. The van der Waals surface area contributed by atoms with Crippen LogP contribution in [0.15, 0.2) is 41.6 Å². The van der Waals surface area contributed by atoms with Crippen molar-refractivity contribution < 1.29 is 8.42 Å². The molecule has 1 aromatic heterocycles. The third-order valence-electron chi connectivity index (χ3n) is 2.78. The number of primary sulfonamides is 1. The van der Waals surface area contributed by atoms with Crippen LogP contribution in [0.5, 0.6) is 0 Å². The SMILES string of the molecule is Cn1ccnc1CCNc1ccccc1S(N)(=O)=O. The fourth-order valence-corrected chi connectivity index (χ4v) is 2.52. The van der Waals surface area contributed by atoms with Gasteiger partial charge in [0.15, 0.2) is 0 Å². The molecule has 2 rings (SSSR count). The predicted molar refractivity (Wildman–Crippen MR) is 73.2 cm³/mol. The van der Waals surface area contributed by atoms with Gasteiger partial charge in [0.2, 0.25) is 10.0 Å². The number of nitrogens with zero attached hydrogens (tertiary/aromatic N) is 2. The molecular weight excluding hydrogens is 264 g/mol. The fourth-order valence-electron chi connectivity index (χ4n) is 1.81. The van der Waals surface area contributed by atoms with Crippen LogP contribution in [0, 0.1) is 0 Å². The van der Waals surface area contributed by atoms with Crippen LogP contribution < -0.4 is 10.5 Å². The largest absolute Gasteiger partial charge is 0.383 e.